The van der Waals surface area contributed by atoms with Gasteiger partial charge in [0.1, 0.15) is 69.4 Å². The zero-order valence-corrected chi connectivity index (χ0v) is 50.6. The molecule has 4 aromatic carbocycles. The molecule has 2 amide bonds. The predicted molar refractivity (Wildman–Crippen MR) is 331 cm³/mol. The van der Waals surface area contributed by atoms with Crippen molar-refractivity contribution in [1.29, 1.82) is 10.5 Å². The predicted octanol–water partition coefficient (Wildman–Crippen LogP) is 12.4. The second-order valence-electron chi connectivity index (χ2n) is 18.9. The van der Waals surface area contributed by atoms with E-state index in [-0.39, 0.29) is 105 Å². The number of carbonyl (C=O) groups is 6. The summed E-state index contributed by atoms with van der Waals surface area (Å²) in [5.41, 5.74) is -3.69. The Labute approximate surface area is 519 Å². The standard InChI is InChI=1S/C61H40N6O12S7/c1-3-66-52(68)50(85-54(66)37(27-62)28-63)64-40-25-38-44(81-40)46-42(60(78-38,55(70)74-29-33-17-9-5-10-18-33)56(71)75-30-34-19-11-6-12-20-34)48-49(83-46)43-47(84-48)45-39(26-41(82-45)65-51-53(69)67(4-2)59(80)86-51)79-61(43,57(72)76-31-35-21-13-7-14-22-35)58(73)77-32-36-23-15-8-16-24-36/h5-26H,3-4,29-32H2,1-2H3. The van der Waals surface area contributed by atoms with Gasteiger partial charge >= 0.3 is 35.1 Å². The van der Waals surface area contributed by atoms with Gasteiger partial charge in [0.15, 0.2) is 15.7 Å². The normalized spacial score (nSPS) is 16.1. The Kier molecular flexibility index (Phi) is 16.0. The highest BCUT2D eigenvalue weighted by Crippen LogP contribution is 2.65. The Morgan fingerprint density at radius 1 is 0.523 bits per heavy atom. The molecule has 0 radical (unpaired) electrons. The van der Waals surface area contributed by atoms with Crippen molar-refractivity contribution in [3.05, 3.63) is 177 Å². The average Bonchev–Trinajstić information content (AvgIpc) is 1.51. The third-order valence-corrected chi connectivity index (χ3v) is 21.0. The van der Waals surface area contributed by atoms with Crippen LogP contribution < -0.4 is 9.47 Å². The summed E-state index contributed by atoms with van der Waals surface area (Å²) in [5, 5.41) is 20.1. The van der Waals surface area contributed by atoms with Gasteiger partial charge in [-0.15, -0.1) is 45.3 Å². The van der Waals surface area contributed by atoms with Gasteiger partial charge in [0.2, 0.25) is 0 Å². The van der Waals surface area contributed by atoms with E-state index in [9.17, 15) is 20.1 Å². The van der Waals surface area contributed by atoms with Crippen LogP contribution in [0.4, 0.5) is 10.0 Å². The van der Waals surface area contributed by atoms with Crippen LogP contribution in [0.2, 0.25) is 0 Å². The number of thiophene rings is 4. The van der Waals surface area contributed by atoms with Gasteiger partial charge in [0, 0.05) is 25.2 Å². The molecule has 2 fully saturated rings. The molecule has 0 unspecified atom stereocenters. The number of carbonyl (C=O) groups excluding carboxylic acids is 6. The summed E-state index contributed by atoms with van der Waals surface area (Å²) in [7, 11) is 0. The van der Waals surface area contributed by atoms with Crippen molar-refractivity contribution in [2.45, 2.75) is 51.5 Å². The number of rotatable bonds is 16. The van der Waals surface area contributed by atoms with Gasteiger partial charge in [-0.1, -0.05) is 134 Å². The quantitative estimate of drug-likeness (QED) is 0.0287. The molecule has 0 spiro atoms. The van der Waals surface area contributed by atoms with Crippen molar-refractivity contribution in [2.75, 3.05) is 13.1 Å². The first-order valence-electron chi connectivity index (χ1n) is 26.2. The van der Waals surface area contributed by atoms with Crippen LogP contribution in [-0.2, 0) is 85.3 Å². The fourth-order valence-electron chi connectivity index (χ4n) is 9.65. The van der Waals surface area contributed by atoms with E-state index in [4.69, 9.17) is 50.6 Å². The third-order valence-electron chi connectivity index (χ3n) is 13.7. The molecular weight excluding hydrogens is 1230 g/mol. The van der Waals surface area contributed by atoms with Gasteiger partial charge in [-0.3, -0.25) is 19.4 Å². The third kappa shape index (κ3) is 10.2. The van der Waals surface area contributed by atoms with E-state index >= 15 is 19.2 Å². The van der Waals surface area contributed by atoms with Crippen LogP contribution in [0.5, 0.6) is 11.5 Å². The van der Waals surface area contributed by atoms with E-state index in [2.05, 4.69) is 0 Å². The molecule has 0 aliphatic carbocycles. The van der Waals surface area contributed by atoms with Crippen molar-refractivity contribution >= 4 is 151 Å². The van der Waals surface area contributed by atoms with Crippen LogP contribution in [-0.4, -0.2) is 73.0 Å². The van der Waals surface area contributed by atoms with Gasteiger partial charge in [-0.2, -0.15) is 10.5 Å². The molecule has 4 aromatic heterocycles. The molecule has 0 bridgehead atoms. The van der Waals surface area contributed by atoms with Crippen LogP contribution in [0.3, 0.4) is 0 Å². The summed E-state index contributed by atoms with van der Waals surface area (Å²) in [5.74, 6) is -5.77. The highest BCUT2D eigenvalue weighted by molar-refractivity contribution is 8.35. The maximum Gasteiger partial charge on any atom is 0.367 e. The molecule has 4 aliphatic rings. The topological polar surface area (TPSA) is 237 Å². The lowest BCUT2D eigenvalue weighted by atomic mass is 9.88. The largest absolute Gasteiger partial charge is 0.458 e. The Morgan fingerprint density at radius 2 is 0.872 bits per heavy atom. The Bertz CT molecular complexity index is 4180. The molecular formula is C61H40N6O12S7. The van der Waals surface area contributed by atoms with E-state index in [0.717, 1.165) is 68.9 Å². The first-order chi connectivity index (χ1) is 41.8. The molecule has 8 aromatic rings. The van der Waals surface area contributed by atoms with Gasteiger partial charge < -0.3 is 28.4 Å². The molecule has 428 valence electrons. The summed E-state index contributed by atoms with van der Waals surface area (Å²) in [6.07, 6.45) is 0. The van der Waals surface area contributed by atoms with Gasteiger partial charge in [-0.05, 0) is 59.6 Å². The molecule has 0 saturated carbocycles. The van der Waals surface area contributed by atoms with Crippen LogP contribution in [0.15, 0.2) is 154 Å². The monoisotopic (exact) mass is 1270 g/mol. The molecule has 0 atom stereocenters. The molecule has 25 heteroatoms. The average molecular weight is 1270 g/mol. The highest BCUT2D eigenvalue weighted by Gasteiger charge is 2.64. The van der Waals surface area contributed by atoms with Crippen molar-refractivity contribution < 1.29 is 57.2 Å². The van der Waals surface area contributed by atoms with Crippen molar-refractivity contribution in [2.24, 2.45) is 9.98 Å². The van der Waals surface area contributed by atoms with Crippen molar-refractivity contribution in [3.63, 3.8) is 0 Å². The second-order valence-corrected chi connectivity index (χ2v) is 25.6. The number of thioether (sulfide) groups is 2. The van der Waals surface area contributed by atoms with E-state index in [0.29, 0.717) is 42.9 Å². The van der Waals surface area contributed by atoms with Crippen LogP contribution in [0, 0.1) is 22.7 Å². The van der Waals surface area contributed by atoms with Gasteiger partial charge in [0.05, 0.1) is 40.0 Å². The number of benzene rings is 4. The minimum Gasteiger partial charge on any atom is -0.458 e. The van der Waals surface area contributed by atoms with Gasteiger partial charge in [-0.25, -0.2) is 29.2 Å². The zero-order valence-electron chi connectivity index (χ0n) is 44.9. The summed E-state index contributed by atoms with van der Waals surface area (Å²) in [6.45, 7) is 2.63. The van der Waals surface area contributed by atoms with E-state index in [1.807, 2.05) is 12.1 Å². The number of hydrogen-bond acceptors (Lipinski definition) is 23. The minimum atomic E-state index is -2.81. The number of fused-ring (bicyclic) bond motifs is 9. The molecule has 18 nitrogen and oxygen atoms in total. The second kappa shape index (κ2) is 23.9. The number of esters is 4. The smallest absolute Gasteiger partial charge is 0.367 e. The lowest BCUT2D eigenvalue weighted by Crippen LogP contribution is -2.52. The zero-order chi connectivity index (χ0) is 59.9. The Balaban J connectivity index is 1.11. The molecule has 2 saturated heterocycles. The summed E-state index contributed by atoms with van der Waals surface area (Å²) >= 11 is 11.5. The number of nitrogens with zero attached hydrogens (tertiary/aromatic N) is 6. The SMILES string of the molecule is CCN1C(=O)C(=Nc2cc3c(s2)-c2sc4c5c(sc4c2C(C(=O)OCc2ccccc2)(C(=O)OCc2ccccc2)O3)-c2sc(N=C3SC(=C(C#N)C#N)N(CC)C3=O)cc2OC5(C(=O)OCc2ccccc2)C(=O)OCc2ccccc2)SC1=S. The number of allylic oxidation sites excluding steroid dienone is 1. The van der Waals surface area contributed by atoms with E-state index < -0.39 is 46.9 Å². The maximum atomic E-state index is 15.7. The molecule has 86 heavy (non-hydrogen) atoms. The number of amides is 2. The van der Waals surface area contributed by atoms with Gasteiger partial charge in [0.25, 0.3) is 11.8 Å². The minimum absolute atomic E-state index is 0.00436. The maximum absolute atomic E-state index is 15.7. The lowest BCUT2D eigenvalue weighted by molar-refractivity contribution is -0.184. The summed E-state index contributed by atoms with van der Waals surface area (Å²) < 4.78 is 39.0. The van der Waals surface area contributed by atoms with Crippen molar-refractivity contribution in [3.8, 4) is 43.1 Å². The van der Waals surface area contributed by atoms with Crippen molar-refractivity contribution in [1.82, 2.24) is 9.80 Å². The number of aliphatic imine (C=N–C) groups is 2. The summed E-state index contributed by atoms with van der Waals surface area (Å²) in [4.78, 5) is 104. The molecule has 8 heterocycles. The number of thiocarbonyl (C=S) groups is 1. The van der Waals surface area contributed by atoms with Crippen LogP contribution >= 0.6 is 81.1 Å². The van der Waals surface area contributed by atoms with Crippen LogP contribution in [0.1, 0.15) is 47.2 Å². The molecule has 12 rings (SSSR count). The molecule has 0 N–H and O–H groups in total. The first kappa shape index (κ1) is 57.6. The number of nitriles is 2. The van der Waals surface area contributed by atoms with Crippen LogP contribution in [0.25, 0.3) is 28.9 Å². The van der Waals surface area contributed by atoms with E-state index in [1.165, 1.54) is 21.9 Å². The molecule has 4 aliphatic heterocycles. The number of hydrogen-bond donors (Lipinski definition) is 0. The number of ether oxygens (including phenoxy) is 6. The highest BCUT2D eigenvalue weighted by atomic mass is 32.2. The fourth-order valence-corrected chi connectivity index (χ4v) is 17.4. The fraction of sp³-hybridized carbons (Fsp3) is 0.164. The summed E-state index contributed by atoms with van der Waals surface area (Å²) in [6, 6.07) is 41.8. The Hall–Kier alpha value is -8.79. The Morgan fingerprint density at radius 3 is 1.21 bits per heavy atom. The van der Waals surface area contributed by atoms with E-state index in [1.54, 1.807) is 135 Å². The first-order valence-corrected chi connectivity index (χ1v) is 31.5. The lowest BCUT2D eigenvalue weighted by Gasteiger charge is -2.33.